The molecule has 0 radical (unpaired) electrons. The molecule has 3 N–H and O–H groups in total. The number of hydrogen-bond acceptors (Lipinski definition) is 6. The number of alkyl halides is 3. The van der Waals surface area contributed by atoms with E-state index in [9.17, 15) is 22.8 Å². The van der Waals surface area contributed by atoms with E-state index >= 15 is 0 Å². The highest BCUT2D eigenvalue weighted by atomic mass is 19.4. The number of anilines is 2. The summed E-state index contributed by atoms with van der Waals surface area (Å²) in [5.74, 6) is -0.0667. The molecule has 4 rings (SSSR count). The van der Waals surface area contributed by atoms with Crippen molar-refractivity contribution in [2.24, 2.45) is 0 Å². The topological polar surface area (TPSA) is 105 Å². The number of aromatic nitrogens is 1. The smallest absolute Gasteiger partial charge is 0.421 e. The van der Waals surface area contributed by atoms with E-state index in [0.717, 1.165) is 25.9 Å². The lowest BCUT2D eigenvalue weighted by atomic mass is 10.1. The first-order valence-corrected chi connectivity index (χ1v) is 12.3. The summed E-state index contributed by atoms with van der Waals surface area (Å²) in [5, 5.41) is 7.26. The van der Waals surface area contributed by atoms with E-state index in [4.69, 9.17) is 9.47 Å². The first-order chi connectivity index (χ1) is 18.7. The molecule has 3 amide bonds. The molecule has 1 saturated heterocycles. The molecule has 0 atom stereocenters. The monoisotopic (exact) mass is 543 g/mol. The summed E-state index contributed by atoms with van der Waals surface area (Å²) < 4.78 is 53.1. The van der Waals surface area contributed by atoms with Crippen LogP contribution in [0.1, 0.15) is 28.9 Å². The number of amides is 3. The zero-order valence-corrected chi connectivity index (χ0v) is 21.2. The summed E-state index contributed by atoms with van der Waals surface area (Å²) in [5.41, 5.74) is -1.05. The number of ether oxygens (including phenoxy) is 2. The van der Waals surface area contributed by atoms with Gasteiger partial charge in [-0.25, -0.2) is 4.79 Å². The van der Waals surface area contributed by atoms with Crippen LogP contribution < -0.4 is 25.4 Å². The zero-order valence-electron chi connectivity index (χ0n) is 21.2. The van der Waals surface area contributed by atoms with Crippen LogP contribution in [0.2, 0.25) is 0 Å². The standard InChI is InChI=1S/C27H28F3N5O4/c1-31-25(36)22-17-20(10-11-32-22)39-19-7-4-6-18(16-19)33-26(37)34-21-8-5-9-23(24(21)27(28,29)30)38-15-14-35-12-2-3-13-35/h4-11,16-17H,2-3,12-15H2,1H3,(H,31,36)(H2,33,34,37). The fourth-order valence-corrected chi connectivity index (χ4v) is 4.12. The molecule has 0 saturated carbocycles. The van der Waals surface area contributed by atoms with Crippen LogP contribution in [0, 0.1) is 0 Å². The maximum Gasteiger partial charge on any atom is 0.421 e. The number of benzene rings is 2. The van der Waals surface area contributed by atoms with Crippen molar-refractivity contribution in [1.29, 1.82) is 0 Å². The molecule has 0 bridgehead atoms. The molecule has 1 fully saturated rings. The summed E-state index contributed by atoms with van der Waals surface area (Å²) in [6.07, 6.45) is -1.20. The third kappa shape index (κ3) is 7.60. The van der Waals surface area contributed by atoms with Gasteiger partial charge in [-0.05, 0) is 56.3 Å². The predicted molar refractivity (Wildman–Crippen MR) is 139 cm³/mol. The molecule has 39 heavy (non-hydrogen) atoms. The second-order valence-corrected chi connectivity index (χ2v) is 8.74. The van der Waals surface area contributed by atoms with Crippen molar-refractivity contribution in [2.45, 2.75) is 19.0 Å². The van der Waals surface area contributed by atoms with Gasteiger partial charge in [0.15, 0.2) is 0 Å². The summed E-state index contributed by atoms with van der Waals surface area (Å²) in [7, 11) is 1.48. The van der Waals surface area contributed by atoms with Gasteiger partial charge in [0.05, 0.1) is 5.69 Å². The number of pyridine rings is 1. The van der Waals surface area contributed by atoms with Crippen molar-refractivity contribution in [3.8, 4) is 17.2 Å². The molecule has 1 aromatic heterocycles. The SMILES string of the molecule is CNC(=O)c1cc(Oc2cccc(NC(=O)Nc3cccc(OCCN4CCCC4)c3C(F)(F)F)c2)ccn1. The number of likely N-dealkylation sites (tertiary alicyclic amines) is 1. The first-order valence-electron chi connectivity index (χ1n) is 12.3. The van der Waals surface area contributed by atoms with E-state index in [1.165, 1.54) is 43.6 Å². The lowest BCUT2D eigenvalue weighted by Crippen LogP contribution is -2.26. The number of urea groups is 1. The Hall–Kier alpha value is -4.32. The van der Waals surface area contributed by atoms with E-state index in [2.05, 4.69) is 25.8 Å². The normalized spacial score (nSPS) is 13.5. The van der Waals surface area contributed by atoms with Crippen LogP contribution in [0.25, 0.3) is 0 Å². The molecule has 2 heterocycles. The highest BCUT2D eigenvalue weighted by Crippen LogP contribution is 2.41. The van der Waals surface area contributed by atoms with Gasteiger partial charge in [0, 0.05) is 37.6 Å². The number of halogens is 3. The number of hydrogen-bond donors (Lipinski definition) is 3. The molecule has 0 aliphatic carbocycles. The molecule has 9 nitrogen and oxygen atoms in total. The molecular formula is C27H28F3N5O4. The number of rotatable bonds is 9. The Morgan fingerprint density at radius 1 is 1.00 bits per heavy atom. The van der Waals surface area contributed by atoms with Gasteiger partial charge in [-0.3, -0.25) is 14.7 Å². The minimum absolute atomic E-state index is 0.105. The van der Waals surface area contributed by atoms with Gasteiger partial charge in [0.25, 0.3) is 5.91 Å². The molecule has 206 valence electrons. The molecule has 3 aromatic rings. The molecule has 0 unspecified atom stereocenters. The third-order valence-corrected chi connectivity index (χ3v) is 5.94. The van der Waals surface area contributed by atoms with Crippen LogP contribution in [-0.4, -0.2) is 55.1 Å². The number of carbonyl (C=O) groups is 2. The van der Waals surface area contributed by atoms with Crippen LogP contribution in [0.3, 0.4) is 0 Å². The second kappa shape index (κ2) is 12.5. The number of nitrogens with one attached hydrogen (secondary N) is 3. The van der Waals surface area contributed by atoms with Gasteiger partial charge in [-0.2, -0.15) is 13.2 Å². The Morgan fingerprint density at radius 2 is 1.74 bits per heavy atom. The van der Waals surface area contributed by atoms with E-state index in [-0.39, 0.29) is 29.6 Å². The lowest BCUT2D eigenvalue weighted by molar-refractivity contribution is -0.138. The van der Waals surface area contributed by atoms with Crippen LogP contribution in [-0.2, 0) is 6.18 Å². The van der Waals surface area contributed by atoms with Gasteiger partial charge >= 0.3 is 12.2 Å². The van der Waals surface area contributed by atoms with Crippen LogP contribution in [0.15, 0.2) is 60.8 Å². The quantitative estimate of drug-likeness (QED) is 0.335. The second-order valence-electron chi connectivity index (χ2n) is 8.74. The summed E-state index contributed by atoms with van der Waals surface area (Å²) in [6, 6.07) is 12.2. The van der Waals surface area contributed by atoms with E-state index in [0.29, 0.717) is 18.0 Å². The summed E-state index contributed by atoms with van der Waals surface area (Å²) in [4.78, 5) is 30.5. The van der Waals surface area contributed by atoms with E-state index in [1.54, 1.807) is 24.3 Å². The number of carbonyl (C=O) groups excluding carboxylic acids is 2. The zero-order chi connectivity index (χ0) is 27.8. The van der Waals surface area contributed by atoms with Crippen LogP contribution >= 0.6 is 0 Å². The molecule has 1 aliphatic rings. The van der Waals surface area contributed by atoms with Gasteiger partial charge in [-0.15, -0.1) is 0 Å². The maximum absolute atomic E-state index is 14.0. The van der Waals surface area contributed by atoms with Crippen LogP contribution in [0.5, 0.6) is 17.2 Å². The van der Waals surface area contributed by atoms with Gasteiger partial charge in [0.2, 0.25) is 0 Å². The summed E-state index contributed by atoms with van der Waals surface area (Å²) in [6.45, 7) is 2.44. The Morgan fingerprint density at radius 3 is 2.49 bits per heavy atom. The molecule has 2 aromatic carbocycles. The highest BCUT2D eigenvalue weighted by molar-refractivity contribution is 6.00. The van der Waals surface area contributed by atoms with Crippen molar-refractivity contribution in [3.05, 3.63) is 72.1 Å². The Balaban J connectivity index is 1.43. The summed E-state index contributed by atoms with van der Waals surface area (Å²) >= 11 is 0. The van der Waals surface area contributed by atoms with Crippen LogP contribution in [0.4, 0.5) is 29.3 Å². The molecule has 12 heteroatoms. The van der Waals surface area contributed by atoms with Crippen molar-refractivity contribution in [3.63, 3.8) is 0 Å². The Labute approximate surface area is 223 Å². The number of nitrogens with zero attached hydrogens (tertiary/aromatic N) is 2. The predicted octanol–water partition coefficient (Wildman–Crippen LogP) is 5.37. The highest BCUT2D eigenvalue weighted by Gasteiger charge is 2.38. The third-order valence-electron chi connectivity index (χ3n) is 5.94. The Bertz CT molecular complexity index is 1310. The minimum atomic E-state index is -4.75. The van der Waals surface area contributed by atoms with Gasteiger partial charge in [-0.1, -0.05) is 12.1 Å². The molecule has 1 aliphatic heterocycles. The maximum atomic E-state index is 14.0. The average molecular weight is 544 g/mol. The fraction of sp³-hybridized carbons (Fsp3) is 0.296. The lowest BCUT2D eigenvalue weighted by Gasteiger charge is -2.20. The molecular weight excluding hydrogens is 515 g/mol. The van der Waals surface area contributed by atoms with Crippen molar-refractivity contribution in [1.82, 2.24) is 15.2 Å². The van der Waals surface area contributed by atoms with Crippen molar-refractivity contribution >= 4 is 23.3 Å². The largest absolute Gasteiger partial charge is 0.492 e. The van der Waals surface area contributed by atoms with Gasteiger partial charge < -0.3 is 25.4 Å². The molecule has 0 spiro atoms. The van der Waals surface area contributed by atoms with Crippen molar-refractivity contribution < 1.29 is 32.2 Å². The Kier molecular flexibility index (Phi) is 8.87. The first kappa shape index (κ1) is 27.7. The van der Waals surface area contributed by atoms with E-state index in [1.807, 2.05) is 0 Å². The minimum Gasteiger partial charge on any atom is -0.492 e. The fourth-order valence-electron chi connectivity index (χ4n) is 4.12. The van der Waals surface area contributed by atoms with Crippen molar-refractivity contribution in [2.75, 3.05) is 43.9 Å². The van der Waals surface area contributed by atoms with Gasteiger partial charge in [0.1, 0.15) is 35.1 Å². The average Bonchev–Trinajstić information content (AvgIpc) is 3.41. The van der Waals surface area contributed by atoms with E-state index < -0.39 is 23.5 Å².